The van der Waals surface area contributed by atoms with Crippen molar-refractivity contribution in [3.05, 3.63) is 46.8 Å². The van der Waals surface area contributed by atoms with Crippen LogP contribution in [0.25, 0.3) is 0 Å². The number of rotatable bonds is 5. The molecule has 3 nitrogen and oxygen atoms in total. The van der Waals surface area contributed by atoms with Crippen LogP contribution in [0.15, 0.2) is 51.2 Å². The van der Waals surface area contributed by atoms with Crippen LogP contribution in [-0.2, 0) is 6.54 Å². The predicted molar refractivity (Wildman–Crippen MR) is 80.2 cm³/mol. The average molecular weight is 336 g/mol. The van der Waals surface area contributed by atoms with Crippen LogP contribution >= 0.6 is 27.7 Å². The summed E-state index contributed by atoms with van der Waals surface area (Å²) in [5.74, 6) is 0. The molecule has 0 aliphatic heterocycles. The molecule has 3 rings (SSSR count). The lowest BCUT2D eigenvalue weighted by Crippen LogP contribution is -2.15. The molecule has 1 fully saturated rings. The highest BCUT2D eigenvalue weighted by atomic mass is 79.9. The van der Waals surface area contributed by atoms with Crippen LogP contribution in [0.1, 0.15) is 18.4 Å². The van der Waals surface area contributed by atoms with E-state index in [9.17, 15) is 0 Å². The molecule has 0 unspecified atom stereocenters. The zero-order chi connectivity index (χ0) is 13.1. The maximum atomic E-state index is 4.27. The first kappa shape index (κ1) is 13.1. The van der Waals surface area contributed by atoms with Crippen LogP contribution in [0.5, 0.6) is 0 Å². The highest BCUT2D eigenvalue weighted by Crippen LogP contribution is 2.30. The van der Waals surface area contributed by atoms with Crippen LogP contribution in [0, 0.1) is 0 Å². The quantitative estimate of drug-likeness (QED) is 0.905. The molecular weight excluding hydrogens is 322 g/mol. The van der Waals surface area contributed by atoms with Crippen molar-refractivity contribution in [2.45, 2.75) is 35.3 Å². The summed E-state index contributed by atoms with van der Waals surface area (Å²) in [6.07, 6.45) is 7.82. The SMILES string of the molecule is Brc1cc(Sc2cnccn2)ccc1CNC1CC1. The van der Waals surface area contributed by atoms with Crippen molar-refractivity contribution < 1.29 is 0 Å². The van der Waals surface area contributed by atoms with Crippen LogP contribution < -0.4 is 5.32 Å². The molecular formula is C14H14BrN3S. The Balaban J connectivity index is 1.67. The third kappa shape index (κ3) is 3.78. The van der Waals surface area contributed by atoms with Gasteiger partial charge in [0.15, 0.2) is 0 Å². The Morgan fingerprint density at radius 2 is 2.21 bits per heavy atom. The molecule has 98 valence electrons. The monoisotopic (exact) mass is 335 g/mol. The van der Waals surface area contributed by atoms with Gasteiger partial charge >= 0.3 is 0 Å². The van der Waals surface area contributed by atoms with E-state index in [-0.39, 0.29) is 0 Å². The van der Waals surface area contributed by atoms with Crippen molar-refractivity contribution in [2.75, 3.05) is 0 Å². The van der Waals surface area contributed by atoms with E-state index in [1.165, 1.54) is 23.3 Å². The molecule has 0 atom stereocenters. The molecule has 0 saturated heterocycles. The van der Waals surface area contributed by atoms with E-state index >= 15 is 0 Å². The van der Waals surface area contributed by atoms with Crippen molar-refractivity contribution in [3.63, 3.8) is 0 Å². The molecule has 0 spiro atoms. The van der Waals surface area contributed by atoms with E-state index in [0.29, 0.717) is 0 Å². The second-order valence-electron chi connectivity index (χ2n) is 4.55. The molecule has 1 aliphatic carbocycles. The number of halogens is 1. The summed E-state index contributed by atoms with van der Waals surface area (Å²) in [5.41, 5.74) is 1.30. The fraction of sp³-hybridized carbons (Fsp3) is 0.286. The highest BCUT2D eigenvalue weighted by molar-refractivity contribution is 9.10. The first-order chi connectivity index (χ1) is 9.31. The van der Waals surface area contributed by atoms with Gasteiger partial charge in [0.2, 0.25) is 0 Å². The summed E-state index contributed by atoms with van der Waals surface area (Å²) in [6, 6.07) is 7.18. The Hall–Kier alpha value is -0.910. The minimum absolute atomic E-state index is 0.737. The van der Waals surface area contributed by atoms with E-state index in [2.05, 4.69) is 49.4 Å². The third-order valence-corrected chi connectivity index (χ3v) is 4.59. The van der Waals surface area contributed by atoms with Gasteiger partial charge < -0.3 is 5.32 Å². The summed E-state index contributed by atoms with van der Waals surface area (Å²) in [4.78, 5) is 9.51. The molecule has 5 heteroatoms. The van der Waals surface area contributed by atoms with Gasteiger partial charge in [-0.05, 0) is 30.5 Å². The normalized spacial score (nSPS) is 14.6. The zero-order valence-corrected chi connectivity index (χ0v) is 12.7. The predicted octanol–water partition coefficient (Wildman–Crippen LogP) is 3.64. The second-order valence-corrected chi connectivity index (χ2v) is 6.50. The summed E-state index contributed by atoms with van der Waals surface area (Å²) in [5, 5.41) is 4.44. The summed E-state index contributed by atoms with van der Waals surface area (Å²) >= 11 is 5.26. The summed E-state index contributed by atoms with van der Waals surface area (Å²) in [6.45, 7) is 0.932. The minimum Gasteiger partial charge on any atom is -0.310 e. The molecule has 1 aromatic carbocycles. The maximum Gasteiger partial charge on any atom is 0.119 e. The van der Waals surface area contributed by atoms with Crippen molar-refractivity contribution >= 4 is 27.7 Å². The second kappa shape index (κ2) is 6.03. The van der Waals surface area contributed by atoms with Gasteiger partial charge in [0.05, 0.1) is 6.20 Å². The summed E-state index contributed by atoms with van der Waals surface area (Å²) in [7, 11) is 0. The zero-order valence-electron chi connectivity index (χ0n) is 10.3. The Morgan fingerprint density at radius 1 is 1.32 bits per heavy atom. The lowest BCUT2D eigenvalue weighted by Gasteiger charge is -2.08. The Labute approximate surface area is 125 Å². The molecule has 0 amide bonds. The molecule has 1 aromatic heterocycles. The number of aromatic nitrogens is 2. The molecule has 1 N–H and O–H groups in total. The number of nitrogens with one attached hydrogen (secondary N) is 1. The fourth-order valence-electron chi connectivity index (χ4n) is 1.74. The van der Waals surface area contributed by atoms with Crippen molar-refractivity contribution in [2.24, 2.45) is 0 Å². The summed E-state index contributed by atoms with van der Waals surface area (Å²) < 4.78 is 1.15. The molecule has 1 aliphatic rings. The Bertz CT molecular complexity index is 558. The van der Waals surface area contributed by atoms with E-state index < -0.39 is 0 Å². The van der Waals surface area contributed by atoms with Gasteiger partial charge in [-0.25, -0.2) is 4.98 Å². The topological polar surface area (TPSA) is 37.8 Å². The van der Waals surface area contributed by atoms with E-state index in [4.69, 9.17) is 0 Å². The van der Waals surface area contributed by atoms with Gasteiger partial charge in [0.1, 0.15) is 5.03 Å². The van der Waals surface area contributed by atoms with Gasteiger partial charge in [-0.3, -0.25) is 4.98 Å². The molecule has 2 aromatic rings. The van der Waals surface area contributed by atoms with Crippen molar-refractivity contribution in [3.8, 4) is 0 Å². The lowest BCUT2D eigenvalue weighted by molar-refractivity contribution is 0.685. The van der Waals surface area contributed by atoms with Gasteiger partial charge in [-0.2, -0.15) is 0 Å². The third-order valence-electron chi connectivity index (χ3n) is 2.94. The Kier molecular flexibility index (Phi) is 4.15. The molecule has 0 bridgehead atoms. The molecule has 0 radical (unpaired) electrons. The van der Waals surface area contributed by atoms with Gasteiger partial charge in [0.25, 0.3) is 0 Å². The molecule has 1 heterocycles. The largest absolute Gasteiger partial charge is 0.310 e. The van der Waals surface area contributed by atoms with E-state index in [0.717, 1.165) is 22.1 Å². The fourth-order valence-corrected chi connectivity index (χ4v) is 3.19. The van der Waals surface area contributed by atoms with Crippen molar-refractivity contribution in [1.29, 1.82) is 0 Å². The van der Waals surface area contributed by atoms with Crippen LogP contribution in [-0.4, -0.2) is 16.0 Å². The van der Waals surface area contributed by atoms with E-state index in [1.54, 1.807) is 30.4 Å². The Morgan fingerprint density at radius 3 is 2.89 bits per heavy atom. The maximum absolute atomic E-state index is 4.27. The number of nitrogens with zero attached hydrogens (tertiary/aromatic N) is 2. The van der Waals surface area contributed by atoms with Gasteiger partial charge in [-0.1, -0.05) is 33.8 Å². The number of benzene rings is 1. The lowest BCUT2D eigenvalue weighted by atomic mass is 10.2. The van der Waals surface area contributed by atoms with Crippen LogP contribution in [0.4, 0.5) is 0 Å². The minimum atomic E-state index is 0.737. The smallest absolute Gasteiger partial charge is 0.119 e. The van der Waals surface area contributed by atoms with Crippen molar-refractivity contribution in [1.82, 2.24) is 15.3 Å². The number of hydrogen-bond donors (Lipinski definition) is 1. The van der Waals surface area contributed by atoms with Crippen LogP contribution in [0.3, 0.4) is 0 Å². The first-order valence-corrected chi connectivity index (χ1v) is 7.88. The first-order valence-electron chi connectivity index (χ1n) is 6.27. The van der Waals surface area contributed by atoms with Crippen LogP contribution in [0.2, 0.25) is 0 Å². The molecule has 1 saturated carbocycles. The van der Waals surface area contributed by atoms with E-state index in [1.807, 2.05) is 0 Å². The van der Waals surface area contributed by atoms with Gasteiger partial charge in [-0.15, -0.1) is 0 Å². The number of hydrogen-bond acceptors (Lipinski definition) is 4. The average Bonchev–Trinajstić information content (AvgIpc) is 3.23. The molecule has 19 heavy (non-hydrogen) atoms. The highest BCUT2D eigenvalue weighted by Gasteiger charge is 2.20. The standard InChI is InChI=1S/C14H14BrN3S/c15-13-7-12(19-14-9-16-5-6-17-14)4-1-10(13)8-18-11-2-3-11/h1,4-7,9,11,18H,2-3,8H2. The van der Waals surface area contributed by atoms with Gasteiger partial charge in [0, 0.05) is 34.3 Å².